The predicted octanol–water partition coefficient (Wildman–Crippen LogP) is 2.62. The van der Waals surface area contributed by atoms with Crippen molar-refractivity contribution in [1.29, 1.82) is 0 Å². The summed E-state index contributed by atoms with van der Waals surface area (Å²) in [6.45, 7) is 2.47. The van der Waals surface area contributed by atoms with E-state index in [1.54, 1.807) is 19.0 Å². The Hall–Kier alpha value is -1.26. The topological polar surface area (TPSA) is 47.9 Å². The molecular weight excluding hydrogens is 300 g/mol. The van der Waals surface area contributed by atoms with Crippen LogP contribution in [0.3, 0.4) is 0 Å². The fourth-order valence-corrected chi connectivity index (χ4v) is 4.60. The third kappa shape index (κ3) is 4.22. The van der Waals surface area contributed by atoms with Crippen LogP contribution in [0.15, 0.2) is 4.99 Å². The molecule has 5 nitrogen and oxygen atoms in total. The quantitative estimate of drug-likeness (QED) is 0.637. The lowest BCUT2D eigenvalue weighted by molar-refractivity contribution is -0.127. The van der Waals surface area contributed by atoms with Crippen molar-refractivity contribution in [2.75, 3.05) is 33.7 Å². The van der Waals surface area contributed by atoms with E-state index in [9.17, 15) is 4.79 Å². The van der Waals surface area contributed by atoms with Gasteiger partial charge in [-0.1, -0.05) is 32.1 Å². The molecule has 3 fully saturated rings. The molecule has 0 bridgehead atoms. The lowest BCUT2D eigenvalue weighted by Gasteiger charge is -2.30. The summed E-state index contributed by atoms with van der Waals surface area (Å²) in [7, 11) is 3.60. The highest BCUT2D eigenvalue weighted by Crippen LogP contribution is 2.45. The maximum Gasteiger partial charge on any atom is 0.243 e. The van der Waals surface area contributed by atoms with Crippen LogP contribution in [0.5, 0.6) is 0 Å². The van der Waals surface area contributed by atoms with Crippen LogP contribution < -0.4 is 5.32 Å². The molecule has 5 heteroatoms. The SMILES string of the molecule is CN(C)C(=O)CN=C(NC1CCCCC1)N1CCC2(CCCC2)C1. The van der Waals surface area contributed by atoms with E-state index in [0.29, 0.717) is 11.5 Å². The number of nitrogens with zero attached hydrogens (tertiary/aromatic N) is 3. The summed E-state index contributed by atoms with van der Waals surface area (Å²) in [6, 6.07) is 0.534. The molecule has 2 aliphatic carbocycles. The van der Waals surface area contributed by atoms with Gasteiger partial charge in [0.25, 0.3) is 0 Å². The zero-order chi connectivity index (χ0) is 17.0. The predicted molar refractivity (Wildman–Crippen MR) is 98.1 cm³/mol. The summed E-state index contributed by atoms with van der Waals surface area (Å²) < 4.78 is 0. The zero-order valence-corrected chi connectivity index (χ0v) is 15.5. The van der Waals surface area contributed by atoms with Crippen molar-refractivity contribution in [2.45, 2.75) is 70.3 Å². The molecule has 3 aliphatic rings. The summed E-state index contributed by atoms with van der Waals surface area (Å²) in [5.41, 5.74) is 0.528. The standard InChI is InChI=1S/C19H34N4O/c1-22(2)17(24)14-20-18(21-16-8-4-3-5-9-16)23-13-12-19(15-23)10-6-7-11-19/h16H,3-15H2,1-2H3,(H,20,21). The van der Waals surface area contributed by atoms with Crippen molar-refractivity contribution in [3.8, 4) is 0 Å². The Morgan fingerprint density at radius 1 is 1.12 bits per heavy atom. The number of likely N-dealkylation sites (N-methyl/N-ethyl adjacent to an activating group) is 1. The minimum atomic E-state index is 0.0766. The second-order valence-electron chi connectivity index (χ2n) is 8.29. The summed E-state index contributed by atoms with van der Waals surface area (Å²) in [5, 5.41) is 3.70. The molecule has 0 aromatic rings. The van der Waals surface area contributed by atoms with Gasteiger partial charge in [-0.25, -0.2) is 4.99 Å². The molecule has 0 atom stereocenters. The molecule has 1 saturated heterocycles. The third-order valence-corrected chi connectivity index (χ3v) is 6.20. The van der Waals surface area contributed by atoms with E-state index < -0.39 is 0 Å². The summed E-state index contributed by atoms with van der Waals surface area (Å²) >= 11 is 0. The average molecular weight is 335 g/mol. The Morgan fingerprint density at radius 2 is 1.83 bits per heavy atom. The second-order valence-corrected chi connectivity index (χ2v) is 8.29. The maximum absolute atomic E-state index is 12.0. The van der Waals surface area contributed by atoms with Gasteiger partial charge in [0.15, 0.2) is 5.96 Å². The molecule has 136 valence electrons. The third-order valence-electron chi connectivity index (χ3n) is 6.20. The van der Waals surface area contributed by atoms with Crippen LogP contribution >= 0.6 is 0 Å². The largest absolute Gasteiger partial charge is 0.353 e. The molecule has 24 heavy (non-hydrogen) atoms. The Kier molecular flexibility index (Phi) is 5.67. The molecule has 0 radical (unpaired) electrons. The van der Waals surface area contributed by atoms with Crippen LogP contribution in [-0.2, 0) is 4.79 Å². The number of rotatable bonds is 3. The molecular formula is C19H34N4O. The Bertz CT molecular complexity index is 462. The first-order chi connectivity index (χ1) is 11.6. The van der Waals surface area contributed by atoms with Crippen LogP contribution in [0.2, 0.25) is 0 Å². The summed E-state index contributed by atoms with van der Waals surface area (Å²) in [6.07, 6.45) is 13.3. The van der Waals surface area contributed by atoms with E-state index in [1.165, 1.54) is 64.2 Å². The minimum Gasteiger partial charge on any atom is -0.353 e. The van der Waals surface area contributed by atoms with Crippen molar-refractivity contribution in [3.63, 3.8) is 0 Å². The normalized spacial score (nSPS) is 24.6. The number of carbonyl (C=O) groups is 1. The second kappa shape index (κ2) is 7.75. The van der Waals surface area contributed by atoms with Crippen LogP contribution in [0.1, 0.15) is 64.2 Å². The smallest absolute Gasteiger partial charge is 0.243 e. The number of likely N-dealkylation sites (tertiary alicyclic amines) is 1. The van der Waals surface area contributed by atoms with Crippen LogP contribution in [0.25, 0.3) is 0 Å². The van der Waals surface area contributed by atoms with Crippen molar-refractivity contribution in [3.05, 3.63) is 0 Å². The van der Waals surface area contributed by atoms with E-state index in [-0.39, 0.29) is 12.5 Å². The van der Waals surface area contributed by atoms with Gasteiger partial charge in [0, 0.05) is 33.2 Å². The van der Waals surface area contributed by atoms with E-state index in [4.69, 9.17) is 4.99 Å². The van der Waals surface area contributed by atoms with E-state index in [2.05, 4.69) is 10.2 Å². The van der Waals surface area contributed by atoms with Gasteiger partial charge in [0.1, 0.15) is 6.54 Å². The first-order valence-electron chi connectivity index (χ1n) is 9.84. The molecule has 0 aromatic heterocycles. The number of aliphatic imine (C=N–C) groups is 1. The van der Waals surface area contributed by atoms with Gasteiger partial charge in [-0.2, -0.15) is 0 Å². The van der Waals surface area contributed by atoms with E-state index >= 15 is 0 Å². The van der Waals surface area contributed by atoms with Crippen molar-refractivity contribution in [2.24, 2.45) is 10.4 Å². The molecule has 1 heterocycles. The maximum atomic E-state index is 12.0. The van der Waals surface area contributed by atoms with Crippen LogP contribution in [0.4, 0.5) is 0 Å². The molecule has 2 saturated carbocycles. The van der Waals surface area contributed by atoms with E-state index in [0.717, 1.165) is 19.0 Å². The summed E-state index contributed by atoms with van der Waals surface area (Å²) in [5.74, 6) is 1.06. The zero-order valence-electron chi connectivity index (χ0n) is 15.5. The lowest BCUT2D eigenvalue weighted by atomic mass is 9.86. The fraction of sp³-hybridized carbons (Fsp3) is 0.895. The Morgan fingerprint density at radius 3 is 2.50 bits per heavy atom. The molecule has 1 N–H and O–H groups in total. The molecule has 1 aliphatic heterocycles. The van der Waals surface area contributed by atoms with Crippen molar-refractivity contribution >= 4 is 11.9 Å². The highest BCUT2D eigenvalue weighted by molar-refractivity contribution is 5.85. The average Bonchev–Trinajstić information content (AvgIpc) is 3.22. The molecule has 0 aromatic carbocycles. The van der Waals surface area contributed by atoms with Gasteiger partial charge >= 0.3 is 0 Å². The first kappa shape index (κ1) is 17.6. The lowest BCUT2D eigenvalue weighted by Crippen LogP contribution is -2.47. The number of nitrogens with one attached hydrogen (secondary N) is 1. The monoisotopic (exact) mass is 334 g/mol. The molecule has 0 unspecified atom stereocenters. The van der Waals surface area contributed by atoms with Gasteiger partial charge < -0.3 is 15.1 Å². The van der Waals surface area contributed by atoms with Crippen LogP contribution in [-0.4, -0.2) is 61.4 Å². The number of hydrogen-bond donors (Lipinski definition) is 1. The fourth-order valence-electron chi connectivity index (χ4n) is 4.60. The molecule has 1 amide bonds. The summed E-state index contributed by atoms with van der Waals surface area (Å²) in [4.78, 5) is 20.8. The van der Waals surface area contributed by atoms with Gasteiger partial charge in [-0.3, -0.25) is 4.79 Å². The molecule has 3 rings (SSSR count). The number of amides is 1. The van der Waals surface area contributed by atoms with E-state index in [1.807, 2.05) is 0 Å². The Labute approximate surface area is 146 Å². The molecule has 1 spiro atoms. The van der Waals surface area contributed by atoms with Gasteiger partial charge in [0.05, 0.1) is 0 Å². The number of carbonyl (C=O) groups excluding carboxylic acids is 1. The number of guanidine groups is 1. The highest BCUT2D eigenvalue weighted by Gasteiger charge is 2.41. The highest BCUT2D eigenvalue weighted by atomic mass is 16.2. The minimum absolute atomic E-state index is 0.0766. The van der Waals surface area contributed by atoms with Crippen molar-refractivity contribution < 1.29 is 4.79 Å². The van der Waals surface area contributed by atoms with Crippen molar-refractivity contribution in [1.82, 2.24) is 15.1 Å². The first-order valence-corrected chi connectivity index (χ1v) is 9.84. The number of hydrogen-bond acceptors (Lipinski definition) is 2. The van der Waals surface area contributed by atoms with Gasteiger partial charge in [-0.05, 0) is 37.5 Å². The van der Waals surface area contributed by atoms with Gasteiger partial charge in [-0.15, -0.1) is 0 Å². The van der Waals surface area contributed by atoms with Crippen LogP contribution in [0, 0.1) is 5.41 Å². The van der Waals surface area contributed by atoms with Gasteiger partial charge in [0.2, 0.25) is 5.91 Å². The Balaban J connectivity index is 1.66.